The van der Waals surface area contributed by atoms with Crippen LogP contribution in [0.15, 0.2) is 23.1 Å². The molecule has 0 aliphatic carbocycles. The first-order chi connectivity index (χ1) is 9.75. The van der Waals surface area contributed by atoms with Gasteiger partial charge >= 0.3 is 0 Å². The van der Waals surface area contributed by atoms with Crippen LogP contribution in [-0.2, 0) is 14.8 Å². The number of nitrogen functional groups attached to an aromatic ring is 1. The molecule has 6 N–H and O–H groups in total. The molecule has 8 heteroatoms. The predicted octanol–water partition coefficient (Wildman–Crippen LogP) is 0.633. The van der Waals surface area contributed by atoms with Gasteiger partial charge in [-0.15, -0.1) is 0 Å². The maximum atomic E-state index is 11.6. The number of sulfonamides is 1. The molecule has 7 nitrogen and oxygen atoms in total. The fraction of sp³-hybridized carbons (Fsp3) is 0.462. The molecular weight excluding hydrogens is 292 g/mol. The SMILES string of the molecule is CCC(C)NC(=O)CCNc1cccc(S(N)(=O)=O)c1N. The van der Waals surface area contributed by atoms with E-state index in [0.29, 0.717) is 12.2 Å². The number of benzene rings is 1. The van der Waals surface area contributed by atoms with Crippen LogP contribution in [0.5, 0.6) is 0 Å². The standard InChI is InChI=1S/C13H22N4O3S/c1-3-9(2)17-12(18)7-8-16-10-5-4-6-11(13(10)14)21(15,19)20/h4-6,9,16H,3,7-8,14H2,1-2H3,(H,17,18)(H2,15,19,20). The quantitative estimate of drug-likeness (QED) is 0.549. The first-order valence-corrected chi connectivity index (χ1v) is 8.24. The van der Waals surface area contributed by atoms with Crippen LogP contribution in [0.1, 0.15) is 26.7 Å². The molecule has 1 aromatic rings. The van der Waals surface area contributed by atoms with Gasteiger partial charge in [0.1, 0.15) is 4.90 Å². The van der Waals surface area contributed by atoms with E-state index in [9.17, 15) is 13.2 Å². The summed E-state index contributed by atoms with van der Waals surface area (Å²) in [5.74, 6) is -0.0713. The van der Waals surface area contributed by atoms with E-state index in [2.05, 4.69) is 10.6 Å². The Morgan fingerprint density at radius 2 is 2.05 bits per heavy atom. The number of anilines is 2. The van der Waals surface area contributed by atoms with Crippen molar-refractivity contribution in [3.63, 3.8) is 0 Å². The van der Waals surface area contributed by atoms with Gasteiger partial charge in [-0.2, -0.15) is 0 Å². The third kappa shape index (κ3) is 5.24. The van der Waals surface area contributed by atoms with Gasteiger partial charge in [-0.3, -0.25) is 4.79 Å². The van der Waals surface area contributed by atoms with E-state index in [1.807, 2.05) is 13.8 Å². The highest BCUT2D eigenvalue weighted by Gasteiger charge is 2.14. The van der Waals surface area contributed by atoms with Crippen LogP contribution in [0.4, 0.5) is 11.4 Å². The van der Waals surface area contributed by atoms with E-state index in [1.165, 1.54) is 12.1 Å². The zero-order valence-corrected chi connectivity index (χ0v) is 13.0. The maximum absolute atomic E-state index is 11.6. The first-order valence-electron chi connectivity index (χ1n) is 6.70. The number of carbonyl (C=O) groups is 1. The smallest absolute Gasteiger partial charge is 0.240 e. The van der Waals surface area contributed by atoms with Crippen LogP contribution in [0.3, 0.4) is 0 Å². The minimum Gasteiger partial charge on any atom is -0.396 e. The summed E-state index contributed by atoms with van der Waals surface area (Å²) in [5, 5.41) is 10.9. The number of carbonyl (C=O) groups excluding carboxylic acids is 1. The second-order valence-corrected chi connectivity index (χ2v) is 6.35. The van der Waals surface area contributed by atoms with Crippen LogP contribution in [0.25, 0.3) is 0 Å². The summed E-state index contributed by atoms with van der Waals surface area (Å²) >= 11 is 0. The lowest BCUT2D eigenvalue weighted by atomic mass is 10.2. The van der Waals surface area contributed by atoms with Crippen LogP contribution < -0.4 is 21.5 Å². The highest BCUT2D eigenvalue weighted by atomic mass is 32.2. The number of amides is 1. The molecule has 0 aliphatic rings. The molecule has 0 radical (unpaired) electrons. The molecule has 118 valence electrons. The number of hydrogen-bond acceptors (Lipinski definition) is 5. The van der Waals surface area contributed by atoms with Crippen LogP contribution in [-0.4, -0.2) is 26.9 Å². The fourth-order valence-corrected chi connectivity index (χ4v) is 2.39. The van der Waals surface area contributed by atoms with Crippen LogP contribution >= 0.6 is 0 Å². The molecule has 1 aromatic carbocycles. The Morgan fingerprint density at radius 1 is 1.38 bits per heavy atom. The third-order valence-corrected chi connectivity index (χ3v) is 4.03. The van der Waals surface area contributed by atoms with Gasteiger partial charge in [0.2, 0.25) is 15.9 Å². The zero-order valence-electron chi connectivity index (χ0n) is 12.2. The van der Waals surface area contributed by atoms with E-state index >= 15 is 0 Å². The number of hydrogen-bond donors (Lipinski definition) is 4. The monoisotopic (exact) mass is 314 g/mol. The number of primary sulfonamides is 1. The Morgan fingerprint density at radius 3 is 2.62 bits per heavy atom. The summed E-state index contributed by atoms with van der Waals surface area (Å²) in [5.41, 5.74) is 6.27. The number of para-hydroxylation sites is 1. The summed E-state index contributed by atoms with van der Waals surface area (Å²) < 4.78 is 22.7. The Hall–Kier alpha value is -1.80. The molecule has 0 spiro atoms. The average molecular weight is 314 g/mol. The van der Waals surface area contributed by atoms with Crippen molar-refractivity contribution in [2.75, 3.05) is 17.6 Å². The van der Waals surface area contributed by atoms with Crippen LogP contribution in [0.2, 0.25) is 0 Å². The molecule has 0 saturated heterocycles. The van der Waals surface area contributed by atoms with E-state index in [0.717, 1.165) is 6.42 Å². The van der Waals surface area contributed by atoms with Crippen molar-refractivity contribution in [1.82, 2.24) is 5.32 Å². The predicted molar refractivity (Wildman–Crippen MR) is 83.2 cm³/mol. The van der Waals surface area contributed by atoms with Crippen molar-refractivity contribution >= 4 is 27.3 Å². The van der Waals surface area contributed by atoms with Gasteiger partial charge in [-0.05, 0) is 25.5 Å². The third-order valence-electron chi connectivity index (χ3n) is 3.06. The summed E-state index contributed by atoms with van der Waals surface area (Å²) in [6.07, 6.45) is 1.13. The lowest BCUT2D eigenvalue weighted by Gasteiger charge is -2.13. The summed E-state index contributed by atoms with van der Waals surface area (Å²) in [6.45, 7) is 4.27. The second-order valence-electron chi connectivity index (χ2n) is 4.82. The van der Waals surface area contributed by atoms with E-state index in [-0.39, 0.29) is 29.0 Å². The summed E-state index contributed by atoms with van der Waals surface area (Å²) in [4.78, 5) is 11.5. The normalized spacial score (nSPS) is 12.7. The molecule has 1 rings (SSSR count). The topological polar surface area (TPSA) is 127 Å². The second kappa shape index (κ2) is 7.28. The Bertz CT molecular complexity index is 601. The van der Waals surface area contributed by atoms with Gasteiger partial charge in [0.05, 0.1) is 11.4 Å². The van der Waals surface area contributed by atoms with E-state index in [4.69, 9.17) is 10.9 Å². The van der Waals surface area contributed by atoms with Gasteiger partial charge < -0.3 is 16.4 Å². The van der Waals surface area contributed by atoms with E-state index in [1.54, 1.807) is 6.07 Å². The minimum absolute atomic E-state index is 0.0577. The van der Waals surface area contributed by atoms with Crippen molar-refractivity contribution in [3.8, 4) is 0 Å². The number of nitrogens with one attached hydrogen (secondary N) is 2. The van der Waals surface area contributed by atoms with Gasteiger partial charge in [-0.25, -0.2) is 13.6 Å². The molecule has 0 bridgehead atoms. The van der Waals surface area contributed by atoms with Crippen molar-refractivity contribution in [2.45, 2.75) is 37.6 Å². The molecule has 21 heavy (non-hydrogen) atoms. The van der Waals surface area contributed by atoms with Crippen molar-refractivity contribution in [1.29, 1.82) is 0 Å². The number of nitrogens with two attached hydrogens (primary N) is 2. The Labute approximate surface area is 125 Å². The first kappa shape index (κ1) is 17.3. The largest absolute Gasteiger partial charge is 0.396 e. The van der Waals surface area contributed by atoms with Crippen molar-refractivity contribution in [3.05, 3.63) is 18.2 Å². The minimum atomic E-state index is -3.86. The maximum Gasteiger partial charge on any atom is 0.240 e. The molecule has 1 unspecified atom stereocenters. The average Bonchev–Trinajstić information content (AvgIpc) is 2.39. The molecule has 1 amide bonds. The fourth-order valence-electron chi connectivity index (χ4n) is 1.71. The Kier molecular flexibility index (Phi) is 5.98. The molecule has 0 aliphatic heterocycles. The van der Waals surface area contributed by atoms with Gasteiger partial charge in [-0.1, -0.05) is 13.0 Å². The lowest BCUT2D eigenvalue weighted by molar-refractivity contribution is -0.121. The highest BCUT2D eigenvalue weighted by Crippen LogP contribution is 2.25. The molecule has 0 fully saturated rings. The zero-order chi connectivity index (χ0) is 16.0. The summed E-state index contributed by atoms with van der Waals surface area (Å²) in [7, 11) is -3.86. The molecule has 1 atom stereocenters. The van der Waals surface area contributed by atoms with E-state index < -0.39 is 10.0 Å². The van der Waals surface area contributed by atoms with Gasteiger partial charge in [0.15, 0.2) is 0 Å². The van der Waals surface area contributed by atoms with Crippen molar-refractivity contribution in [2.24, 2.45) is 5.14 Å². The van der Waals surface area contributed by atoms with Crippen LogP contribution in [0, 0.1) is 0 Å². The lowest BCUT2D eigenvalue weighted by Crippen LogP contribution is -2.33. The summed E-state index contributed by atoms with van der Waals surface area (Å²) in [6, 6.07) is 4.65. The van der Waals surface area contributed by atoms with Gasteiger partial charge in [0.25, 0.3) is 0 Å². The Balaban J connectivity index is 2.63. The molecule has 0 aromatic heterocycles. The molecule has 0 saturated carbocycles. The number of rotatable bonds is 7. The molecular formula is C13H22N4O3S. The highest BCUT2D eigenvalue weighted by molar-refractivity contribution is 7.89. The van der Waals surface area contributed by atoms with Crippen molar-refractivity contribution < 1.29 is 13.2 Å². The van der Waals surface area contributed by atoms with Gasteiger partial charge in [0, 0.05) is 19.0 Å². The molecule has 0 heterocycles.